The quantitative estimate of drug-likeness (QED) is 0.845. The van der Waals surface area contributed by atoms with Gasteiger partial charge in [-0.1, -0.05) is 35.7 Å². The number of hydrogen-bond acceptors (Lipinski definition) is 1. The van der Waals surface area contributed by atoms with Gasteiger partial charge in [0, 0.05) is 12.1 Å². The Hall–Kier alpha value is -0.820. The van der Waals surface area contributed by atoms with Gasteiger partial charge in [-0.15, -0.1) is 0 Å². The van der Waals surface area contributed by atoms with E-state index in [-0.39, 0.29) is 5.54 Å². The first-order chi connectivity index (χ1) is 8.78. The summed E-state index contributed by atoms with van der Waals surface area (Å²) in [4.78, 5) is 0. The van der Waals surface area contributed by atoms with E-state index in [1.807, 2.05) is 0 Å². The Morgan fingerprint density at radius 1 is 1.05 bits per heavy atom. The van der Waals surface area contributed by atoms with Gasteiger partial charge >= 0.3 is 0 Å². The van der Waals surface area contributed by atoms with Gasteiger partial charge < -0.3 is 5.32 Å². The smallest absolute Gasteiger partial charge is 0.00967 e. The minimum absolute atomic E-state index is 0.227. The second kappa shape index (κ2) is 5.28. The lowest BCUT2D eigenvalue weighted by atomic mass is 9.65. The van der Waals surface area contributed by atoms with Crippen molar-refractivity contribution >= 4 is 0 Å². The van der Waals surface area contributed by atoms with Crippen molar-refractivity contribution in [2.45, 2.75) is 65.8 Å². The largest absolute Gasteiger partial charge is 0.312 e. The highest BCUT2D eigenvalue weighted by molar-refractivity contribution is 5.29. The molecule has 1 N–H and O–H groups in total. The summed E-state index contributed by atoms with van der Waals surface area (Å²) in [6.45, 7) is 12.3. The minimum Gasteiger partial charge on any atom is -0.312 e. The summed E-state index contributed by atoms with van der Waals surface area (Å²) in [5, 5.41) is 3.71. The van der Waals surface area contributed by atoms with Crippen LogP contribution in [0.1, 0.15) is 56.7 Å². The van der Waals surface area contributed by atoms with Crippen LogP contribution in [-0.2, 0) is 6.42 Å². The molecule has 19 heavy (non-hydrogen) atoms. The number of rotatable bonds is 4. The molecule has 1 aromatic carbocycles. The van der Waals surface area contributed by atoms with Crippen LogP contribution in [-0.4, -0.2) is 12.1 Å². The van der Waals surface area contributed by atoms with E-state index < -0.39 is 0 Å². The lowest BCUT2D eigenvalue weighted by Gasteiger charge is -2.44. The molecule has 2 rings (SSSR count). The zero-order valence-corrected chi connectivity index (χ0v) is 13.3. The Labute approximate surface area is 118 Å². The molecule has 1 heteroatoms. The van der Waals surface area contributed by atoms with Crippen molar-refractivity contribution in [2.75, 3.05) is 6.54 Å². The van der Waals surface area contributed by atoms with Crippen molar-refractivity contribution < 1.29 is 0 Å². The van der Waals surface area contributed by atoms with Crippen LogP contribution in [0.25, 0.3) is 0 Å². The Morgan fingerprint density at radius 2 is 1.63 bits per heavy atom. The SMILES string of the molecule is Cc1cc(C)cc(CC2(CNC(C)(C)C)CCC2)c1. The average Bonchev–Trinajstić information content (AvgIpc) is 2.19. The molecule has 0 heterocycles. The molecule has 1 aliphatic carbocycles. The first-order valence-corrected chi connectivity index (χ1v) is 7.60. The van der Waals surface area contributed by atoms with Crippen LogP contribution in [0.15, 0.2) is 18.2 Å². The molecule has 1 aliphatic rings. The number of benzene rings is 1. The van der Waals surface area contributed by atoms with E-state index in [1.54, 1.807) is 0 Å². The summed E-state index contributed by atoms with van der Waals surface area (Å²) in [7, 11) is 0. The van der Waals surface area contributed by atoms with Gasteiger partial charge in [0.1, 0.15) is 0 Å². The van der Waals surface area contributed by atoms with Gasteiger partial charge in [0.15, 0.2) is 0 Å². The van der Waals surface area contributed by atoms with E-state index >= 15 is 0 Å². The van der Waals surface area contributed by atoms with E-state index in [0.29, 0.717) is 5.41 Å². The molecule has 0 atom stereocenters. The lowest BCUT2D eigenvalue weighted by Crippen LogP contribution is -2.47. The van der Waals surface area contributed by atoms with Crippen LogP contribution >= 0.6 is 0 Å². The van der Waals surface area contributed by atoms with Crippen LogP contribution in [0.4, 0.5) is 0 Å². The molecule has 0 radical (unpaired) electrons. The van der Waals surface area contributed by atoms with E-state index in [9.17, 15) is 0 Å². The molecule has 0 amide bonds. The molecule has 0 spiro atoms. The molecule has 0 unspecified atom stereocenters. The average molecular weight is 259 g/mol. The maximum atomic E-state index is 3.71. The van der Waals surface area contributed by atoms with Gasteiger partial charge in [-0.05, 0) is 64.9 Å². The standard InChI is InChI=1S/C18H29N/c1-14-9-15(2)11-16(10-14)12-18(7-6-8-18)13-19-17(3,4)5/h9-11,19H,6-8,12-13H2,1-5H3. The Morgan fingerprint density at radius 3 is 2.05 bits per heavy atom. The summed E-state index contributed by atoms with van der Waals surface area (Å²) >= 11 is 0. The van der Waals surface area contributed by atoms with Crippen molar-refractivity contribution in [3.8, 4) is 0 Å². The topological polar surface area (TPSA) is 12.0 Å². The van der Waals surface area contributed by atoms with Crippen molar-refractivity contribution in [1.29, 1.82) is 0 Å². The molecule has 0 bridgehead atoms. The van der Waals surface area contributed by atoms with Crippen LogP contribution in [0.5, 0.6) is 0 Å². The fraction of sp³-hybridized carbons (Fsp3) is 0.667. The van der Waals surface area contributed by atoms with Crippen molar-refractivity contribution in [1.82, 2.24) is 5.32 Å². The summed E-state index contributed by atoms with van der Waals surface area (Å²) in [6.07, 6.45) is 5.39. The molecule has 1 nitrogen and oxygen atoms in total. The molecule has 106 valence electrons. The molecule has 1 fully saturated rings. The van der Waals surface area contributed by atoms with Crippen molar-refractivity contribution in [2.24, 2.45) is 5.41 Å². The van der Waals surface area contributed by atoms with Gasteiger partial charge in [-0.2, -0.15) is 0 Å². The van der Waals surface area contributed by atoms with Crippen LogP contribution in [0.3, 0.4) is 0 Å². The second-order valence-corrected chi connectivity index (χ2v) is 7.63. The van der Waals surface area contributed by atoms with Crippen molar-refractivity contribution in [3.63, 3.8) is 0 Å². The molecule has 1 aromatic rings. The Balaban J connectivity index is 2.05. The third-order valence-corrected chi connectivity index (χ3v) is 4.27. The predicted octanol–water partition coefficient (Wildman–Crippen LogP) is 4.40. The van der Waals surface area contributed by atoms with E-state index in [1.165, 1.54) is 42.4 Å². The van der Waals surface area contributed by atoms with Crippen LogP contribution < -0.4 is 5.32 Å². The lowest BCUT2D eigenvalue weighted by molar-refractivity contribution is 0.118. The fourth-order valence-electron chi connectivity index (χ4n) is 3.15. The number of nitrogens with one attached hydrogen (secondary N) is 1. The zero-order valence-electron chi connectivity index (χ0n) is 13.3. The van der Waals surface area contributed by atoms with Crippen LogP contribution in [0.2, 0.25) is 0 Å². The Kier molecular flexibility index (Phi) is 4.06. The van der Waals surface area contributed by atoms with Gasteiger partial charge in [0.25, 0.3) is 0 Å². The second-order valence-electron chi connectivity index (χ2n) is 7.63. The van der Waals surface area contributed by atoms with E-state index in [4.69, 9.17) is 0 Å². The normalized spacial score (nSPS) is 18.2. The zero-order chi connectivity index (χ0) is 14.1. The third kappa shape index (κ3) is 4.07. The minimum atomic E-state index is 0.227. The number of aryl methyl sites for hydroxylation is 2. The molecule has 0 aliphatic heterocycles. The predicted molar refractivity (Wildman–Crippen MR) is 83.7 cm³/mol. The molecular weight excluding hydrogens is 230 g/mol. The summed E-state index contributed by atoms with van der Waals surface area (Å²) in [5.41, 5.74) is 5.05. The summed E-state index contributed by atoms with van der Waals surface area (Å²) in [5.74, 6) is 0. The highest BCUT2D eigenvalue weighted by Crippen LogP contribution is 2.43. The molecular formula is C18H29N. The molecule has 0 aromatic heterocycles. The molecule has 0 saturated heterocycles. The highest BCUT2D eigenvalue weighted by Gasteiger charge is 2.37. The summed E-state index contributed by atoms with van der Waals surface area (Å²) < 4.78 is 0. The van der Waals surface area contributed by atoms with Gasteiger partial charge in [-0.3, -0.25) is 0 Å². The maximum Gasteiger partial charge on any atom is 0.00967 e. The first kappa shape index (κ1) is 14.6. The first-order valence-electron chi connectivity index (χ1n) is 7.60. The maximum absolute atomic E-state index is 3.71. The Bertz CT molecular complexity index is 415. The monoisotopic (exact) mass is 259 g/mol. The molecule has 1 saturated carbocycles. The number of hydrogen-bond donors (Lipinski definition) is 1. The van der Waals surface area contributed by atoms with Crippen LogP contribution in [0, 0.1) is 19.3 Å². The summed E-state index contributed by atoms with van der Waals surface area (Å²) in [6, 6.07) is 7.00. The van der Waals surface area contributed by atoms with Gasteiger partial charge in [0.05, 0.1) is 0 Å². The third-order valence-electron chi connectivity index (χ3n) is 4.27. The van der Waals surface area contributed by atoms with E-state index in [0.717, 1.165) is 6.54 Å². The van der Waals surface area contributed by atoms with E-state index in [2.05, 4.69) is 58.1 Å². The van der Waals surface area contributed by atoms with Crippen molar-refractivity contribution in [3.05, 3.63) is 34.9 Å². The van der Waals surface area contributed by atoms with Gasteiger partial charge in [0.2, 0.25) is 0 Å². The fourth-order valence-corrected chi connectivity index (χ4v) is 3.15. The van der Waals surface area contributed by atoms with Gasteiger partial charge in [-0.25, -0.2) is 0 Å². The highest BCUT2D eigenvalue weighted by atomic mass is 15.0.